The SMILES string of the molecule is CCC(N)(CC)CNC(=O)c1cccnc1OCC(F)(F)F. The quantitative estimate of drug-likeness (QED) is 0.808. The molecule has 1 aromatic heterocycles. The number of pyridine rings is 1. The average molecular weight is 319 g/mol. The number of ether oxygens (including phenoxy) is 1. The average Bonchev–Trinajstić information content (AvgIpc) is 2.50. The van der Waals surface area contributed by atoms with Crippen molar-refractivity contribution in [2.75, 3.05) is 13.2 Å². The Morgan fingerprint density at radius 3 is 2.55 bits per heavy atom. The first-order valence-electron chi connectivity index (χ1n) is 6.92. The molecule has 1 heterocycles. The van der Waals surface area contributed by atoms with E-state index >= 15 is 0 Å². The van der Waals surface area contributed by atoms with Crippen LogP contribution < -0.4 is 15.8 Å². The molecule has 0 aliphatic heterocycles. The smallest absolute Gasteiger partial charge is 0.422 e. The van der Waals surface area contributed by atoms with Gasteiger partial charge in [0.25, 0.3) is 5.91 Å². The van der Waals surface area contributed by atoms with Crippen molar-refractivity contribution in [3.63, 3.8) is 0 Å². The van der Waals surface area contributed by atoms with Crippen LogP contribution in [-0.4, -0.2) is 35.8 Å². The zero-order chi connectivity index (χ0) is 16.8. The summed E-state index contributed by atoms with van der Waals surface area (Å²) in [6.45, 7) is 2.51. The highest BCUT2D eigenvalue weighted by Gasteiger charge is 2.30. The highest BCUT2D eigenvalue weighted by molar-refractivity contribution is 5.96. The Hall–Kier alpha value is -1.83. The maximum absolute atomic E-state index is 12.2. The van der Waals surface area contributed by atoms with Crippen LogP contribution >= 0.6 is 0 Å². The summed E-state index contributed by atoms with van der Waals surface area (Å²) in [5.41, 5.74) is 5.46. The van der Waals surface area contributed by atoms with Crippen LogP contribution in [0.1, 0.15) is 37.0 Å². The van der Waals surface area contributed by atoms with Gasteiger partial charge >= 0.3 is 6.18 Å². The van der Waals surface area contributed by atoms with Gasteiger partial charge in [-0.25, -0.2) is 4.98 Å². The molecule has 0 fully saturated rings. The normalized spacial score (nSPS) is 12.1. The number of carbonyl (C=O) groups is 1. The molecular weight excluding hydrogens is 299 g/mol. The zero-order valence-electron chi connectivity index (χ0n) is 12.5. The standard InChI is InChI=1S/C14H20F3N3O2/c1-3-13(18,4-2)8-20-11(21)10-6-5-7-19-12(10)22-9-14(15,16)17/h5-7H,3-4,8-9,18H2,1-2H3,(H,20,21). The summed E-state index contributed by atoms with van der Waals surface area (Å²) in [6, 6.07) is 2.80. The first-order chi connectivity index (χ1) is 10.2. The molecule has 0 saturated carbocycles. The van der Waals surface area contributed by atoms with Crippen LogP contribution in [-0.2, 0) is 0 Å². The number of nitrogens with zero attached hydrogens (tertiary/aromatic N) is 1. The molecule has 22 heavy (non-hydrogen) atoms. The van der Waals surface area contributed by atoms with E-state index in [9.17, 15) is 18.0 Å². The molecule has 0 aromatic carbocycles. The lowest BCUT2D eigenvalue weighted by Gasteiger charge is -2.26. The summed E-state index contributed by atoms with van der Waals surface area (Å²) < 4.78 is 41.2. The van der Waals surface area contributed by atoms with Crippen molar-refractivity contribution in [1.82, 2.24) is 10.3 Å². The number of nitrogens with two attached hydrogens (primary N) is 1. The monoisotopic (exact) mass is 319 g/mol. The van der Waals surface area contributed by atoms with Crippen molar-refractivity contribution in [3.8, 4) is 5.88 Å². The summed E-state index contributed by atoms with van der Waals surface area (Å²) >= 11 is 0. The largest absolute Gasteiger partial charge is 0.467 e. The minimum atomic E-state index is -4.50. The van der Waals surface area contributed by atoms with E-state index in [4.69, 9.17) is 5.73 Å². The molecule has 1 aromatic rings. The van der Waals surface area contributed by atoms with Gasteiger partial charge in [-0.05, 0) is 25.0 Å². The minimum Gasteiger partial charge on any atom is -0.467 e. The molecule has 0 radical (unpaired) electrons. The molecule has 1 amide bonds. The van der Waals surface area contributed by atoms with Crippen molar-refractivity contribution in [1.29, 1.82) is 0 Å². The molecule has 0 saturated heterocycles. The summed E-state index contributed by atoms with van der Waals surface area (Å²) in [5.74, 6) is -0.921. The van der Waals surface area contributed by atoms with Crippen LogP contribution in [0, 0.1) is 0 Å². The van der Waals surface area contributed by atoms with E-state index in [0.717, 1.165) is 0 Å². The van der Waals surface area contributed by atoms with Gasteiger partial charge in [-0.2, -0.15) is 13.2 Å². The molecule has 0 aliphatic rings. The van der Waals surface area contributed by atoms with E-state index in [1.807, 2.05) is 13.8 Å². The fourth-order valence-electron chi connectivity index (χ4n) is 1.68. The number of rotatable bonds is 7. The van der Waals surface area contributed by atoms with Gasteiger partial charge in [-0.3, -0.25) is 4.79 Å². The lowest BCUT2D eigenvalue weighted by atomic mass is 9.94. The molecule has 1 rings (SSSR count). The van der Waals surface area contributed by atoms with Gasteiger partial charge in [0.1, 0.15) is 5.56 Å². The fraction of sp³-hybridized carbons (Fsp3) is 0.571. The molecule has 3 N–H and O–H groups in total. The van der Waals surface area contributed by atoms with E-state index in [1.165, 1.54) is 18.3 Å². The number of hydrogen-bond acceptors (Lipinski definition) is 4. The van der Waals surface area contributed by atoms with Crippen LogP contribution in [0.2, 0.25) is 0 Å². The highest BCUT2D eigenvalue weighted by atomic mass is 19.4. The Morgan fingerprint density at radius 1 is 1.36 bits per heavy atom. The fourth-order valence-corrected chi connectivity index (χ4v) is 1.68. The van der Waals surface area contributed by atoms with Gasteiger partial charge in [-0.15, -0.1) is 0 Å². The summed E-state index contributed by atoms with van der Waals surface area (Å²) in [6.07, 6.45) is -1.92. The highest BCUT2D eigenvalue weighted by Crippen LogP contribution is 2.20. The number of carbonyl (C=O) groups excluding carboxylic acids is 1. The Morgan fingerprint density at radius 2 is 2.00 bits per heavy atom. The van der Waals surface area contributed by atoms with Crippen LogP contribution in [0.5, 0.6) is 5.88 Å². The van der Waals surface area contributed by atoms with Crippen molar-refractivity contribution < 1.29 is 22.7 Å². The van der Waals surface area contributed by atoms with E-state index in [0.29, 0.717) is 12.8 Å². The Labute approximate surface area is 127 Å². The van der Waals surface area contributed by atoms with Gasteiger partial charge in [0.2, 0.25) is 5.88 Å². The molecular formula is C14H20F3N3O2. The van der Waals surface area contributed by atoms with Crippen LogP contribution in [0.15, 0.2) is 18.3 Å². The van der Waals surface area contributed by atoms with Gasteiger partial charge < -0.3 is 15.8 Å². The minimum absolute atomic E-state index is 0.0543. The zero-order valence-corrected chi connectivity index (χ0v) is 12.5. The van der Waals surface area contributed by atoms with E-state index < -0.39 is 24.2 Å². The summed E-state index contributed by atoms with van der Waals surface area (Å²) in [5, 5.41) is 2.61. The van der Waals surface area contributed by atoms with Gasteiger partial charge in [0, 0.05) is 18.3 Å². The molecule has 0 aliphatic carbocycles. The number of amides is 1. The maximum atomic E-state index is 12.2. The Bertz CT molecular complexity index is 502. The Kier molecular flexibility index (Phi) is 6.16. The predicted octanol–water partition coefficient (Wildman–Crippen LogP) is 2.27. The number of nitrogens with one attached hydrogen (secondary N) is 1. The third-order valence-corrected chi connectivity index (χ3v) is 3.40. The molecule has 124 valence electrons. The Balaban J connectivity index is 2.77. The third kappa shape index (κ3) is 5.51. The molecule has 8 heteroatoms. The molecule has 0 bridgehead atoms. The lowest BCUT2D eigenvalue weighted by molar-refractivity contribution is -0.154. The topological polar surface area (TPSA) is 77.2 Å². The van der Waals surface area contributed by atoms with E-state index in [1.54, 1.807) is 0 Å². The number of halogens is 3. The number of hydrogen-bond donors (Lipinski definition) is 2. The molecule has 0 atom stereocenters. The van der Waals surface area contributed by atoms with Crippen molar-refractivity contribution in [2.24, 2.45) is 5.73 Å². The van der Waals surface area contributed by atoms with Gasteiger partial charge in [0.05, 0.1) is 0 Å². The lowest BCUT2D eigenvalue weighted by Crippen LogP contribution is -2.49. The molecule has 0 unspecified atom stereocenters. The molecule has 0 spiro atoms. The van der Waals surface area contributed by atoms with E-state index in [2.05, 4.69) is 15.0 Å². The second-order valence-corrected chi connectivity index (χ2v) is 5.01. The first kappa shape index (κ1) is 18.2. The van der Waals surface area contributed by atoms with Crippen LogP contribution in [0.4, 0.5) is 13.2 Å². The second kappa shape index (κ2) is 7.44. The third-order valence-electron chi connectivity index (χ3n) is 3.40. The first-order valence-corrected chi connectivity index (χ1v) is 6.92. The summed E-state index contributed by atoms with van der Waals surface area (Å²) in [7, 11) is 0. The van der Waals surface area contributed by atoms with E-state index in [-0.39, 0.29) is 18.0 Å². The summed E-state index contributed by atoms with van der Waals surface area (Å²) in [4.78, 5) is 15.8. The number of alkyl halides is 3. The van der Waals surface area contributed by atoms with Crippen molar-refractivity contribution in [3.05, 3.63) is 23.9 Å². The second-order valence-electron chi connectivity index (χ2n) is 5.01. The molecule has 5 nitrogen and oxygen atoms in total. The van der Waals surface area contributed by atoms with Crippen LogP contribution in [0.3, 0.4) is 0 Å². The number of aromatic nitrogens is 1. The van der Waals surface area contributed by atoms with Crippen molar-refractivity contribution >= 4 is 5.91 Å². The van der Waals surface area contributed by atoms with Crippen molar-refractivity contribution in [2.45, 2.75) is 38.4 Å². The van der Waals surface area contributed by atoms with Gasteiger partial charge in [0.15, 0.2) is 6.61 Å². The predicted molar refractivity (Wildman–Crippen MR) is 75.6 cm³/mol. The van der Waals surface area contributed by atoms with Gasteiger partial charge in [-0.1, -0.05) is 13.8 Å². The maximum Gasteiger partial charge on any atom is 0.422 e. The van der Waals surface area contributed by atoms with Crippen LogP contribution in [0.25, 0.3) is 0 Å².